The van der Waals surface area contributed by atoms with Crippen LogP contribution in [0.4, 0.5) is 0 Å². The van der Waals surface area contributed by atoms with Gasteiger partial charge in [-0.15, -0.1) is 0 Å². The van der Waals surface area contributed by atoms with Crippen LogP contribution in [0.3, 0.4) is 0 Å². The average molecular weight is 283 g/mol. The predicted molar refractivity (Wildman–Crippen MR) is 68.3 cm³/mol. The zero-order valence-electron chi connectivity index (χ0n) is 11.1. The van der Waals surface area contributed by atoms with Crippen LogP contribution in [0.15, 0.2) is 16.9 Å². The molecule has 2 rings (SSSR count). The fourth-order valence-electron chi connectivity index (χ4n) is 2.00. The number of likely N-dealkylation sites (tertiary alicyclic amines) is 1. The SMILES string of the molecule is COCCn1nc(C(=O)N2CC(O)C(O)C2)ccc1=O. The van der Waals surface area contributed by atoms with Crippen LogP contribution in [0.1, 0.15) is 10.5 Å². The highest BCUT2D eigenvalue weighted by molar-refractivity contribution is 5.92. The second-order valence-electron chi connectivity index (χ2n) is 4.62. The second kappa shape index (κ2) is 6.12. The third-order valence-electron chi connectivity index (χ3n) is 3.14. The molecule has 1 aliphatic heterocycles. The number of hydrogen-bond acceptors (Lipinski definition) is 6. The molecule has 1 aromatic rings. The van der Waals surface area contributed by atoms with Crippen LogP contribution in [-0.4, -0.2) is 69.8 Å². The third kappa shape index (κ3) is 3.03. The van der Waals surface area contributed by atoms with Gasteiger partial charge in [0, 0.05) is 26.3 Å². The molecule has 2 unspecified atom stereocenters. The Balaban J connectivity index is 2.16. The molecule has 1 aromatic heterocycles. The molecule has 0 spiro atoms. The summed E-state index contributed by atoms with van der Waals surface area (Å²) in [5.74, 6) is -0.424. The Morgan fingerprint density at radius 1 is 1.40 bits per heavy atom. The van der Waals surface area contributed by atoms with Gasteiger partial charge in [-0.3, -0.25) is 9.59 Å². The van der Waals surface area contributed by atoms with Crippen molar-refractivity contribution < 1.29 is 19.7 Å². The van der Waals surface area contributed by atoms with Crippen molar-refractivity contribution in [2.75, 3.05) is 26.8 Å². The smallest absolute Gasteiger partial charge is 0.274 e. The first-order valence-electron chi connectivity index (χ1n) is 6.25. The van der Waals surface area contributed by atoms with Gasteiger partial charge in [0.2, 0.25) is 0 Å². The minimum absolute atomic E-state index is 0.0544. The Morgan fingerprint density at radius 2 is 2.05 bits per heavy atom. The van der Waals surface area contributed by atoms with Crippen LogP contribution in [0.5, 0.6) is 0 Å². The molecule has 0 aliphatic carbocycles. The van der Waals surface area contributed by atoms with Gasteiger partial charge in [-0.25, -0.2) is 4.68 Å². The van der Waals surface area contributed by atoms with E-state index in [9.17, 15) is 19.8 Å². The molecule has 20 heavy (non-hydrogen) atoms. The van der Waals surface area contributed by atoms with E-state index < -0.39 is 18.1 Å². The van der Waals surface area contributed by atoms with Gasteiger partial charge in [-0.05, 0) is 6.07 Å². The molecule has 2 heterocycles. The van der Waals surface area contributed by atoms with Gasteiger partial charge < -0.3 is 19.8 Å². The molecule has 1 saturated heterocycles. The van der Waals surface area contributed by atoms with Crippen LogP contribution in [0, 0.1) is 0 Å². The predicted octanol–water partition coefficient (Wildman–Crippen LogP) is -1.93. The van der Waals surface area contributed by atoms with Crippen LogP contribution >= 0.6 is 0 Å². The molecule has 8 nitrogen and oxygen atoms in total. The van der Waals surface area contributed by atoms with Crippen LogP contribution < -0.4 is 5.56 Å². The molecule has 2 N–H and O–H groups in total. The van der Waals surface area contributed by atoms with Crippen molar-refractivity contribution >= 4 is 5.91 Å². The van der Waals surface area contributed by atoms with E-state index in [0.29, 0.717) is 6.61 Å². The Hall–Kier alpha value is -1.77. The van der Waals surface area contributed by atoms with E-state index in [4.69, 9.17) is 4.74 Å². The van der Waals surface area contributed by atoms with Crippen molar-refractivity contribution in [2.24, 2.45) is 0 Å². The molecule has 0 bridgehead atoms. The first-order chi connectivity index (χ1) is 9.52. The Morgan fingerprint density at radius 3 is 2.65 bits per heavy atom. The van der Waals surface area contributed by atoms with E-state index in [1.54, 1.807) is 0 Å². The van der Waals surface area contributed by atoms with Crippen molar-refractivity contribution in [1.82, 2.24) is 14.7 Å². The van der Waals surface area contributed by atoms with Crippen LogP contribution in [0.25, 0.3) is 0 Å². The minimum Gasteiger partial charge on any atom is -0.388 e. The molecule has 0 aromatic carbocycles. The Labute approximate surface area is 115 Å². The van der Waals surface area contributed by atoms with E-state index in [-0.39, 0.29) is 30.9 Å². The lowest BCUT2D eigenvalue weighted by Crippen LogP contribution is -2.33. The van der Waals surface area contributed by atoms with Gasteiger partial charge in [0.1, 0.15) is 5.69 Å². The van der Waals surface area contributed by atoms with Crippen molar-refractivity contribution in [3.05, 3.63) is 28.2 Å². The second-order valence-corrected chi connectivity index (χ2v) is 4.62. The number of carbonyl (C=O) groups excluding carboxylic acids is 1. The summed E-state index contributed by atoms with van der Waals surface area (Å²) in [6.45, 7) is 0.672. The van der Waals surface area contributed by atoms with E-state index in [1.165, 1.54) is 24.1 Å². The fraction of sp³-hybridized carbons (Fsp3) is 0.583. The average Bonchev–Trinajstić information content (AvgIpc) is 2.77. The molecular weight excluding hydrogens is 266 g/mol. The molecule has 0 radical (unpaired) electrons. The summed E-state index contributed by atoms with van der Waals surface area (Å²) in [5.41, 5.74) is -0.220. The Kier molecular flexibility index (Phi) is 4.48. The van der Waals surface area contributed by atoms with Gasteiger partial charge in [0.25, 0.3) is 11.5 Å². The fourth-order valence-corrected chi connectivity index (χ4v) is 2.00. The molecule has 1 aliphatic rings. The number of β-amino-alcohol motifs (C(OH)–C–C–N with tert-alkyl or cyclic N) is 2. The van der Waals surface area contributed by atoms with Crippen molar-refractivity contribution in [3.8, 4) is 0 Å². The van der Waals surface area contributed by atoms with Gasteiger partial charge in [0.05, 0.1) is 25.4 Å². The first-order valence-corrected chi connectivity index (χ1v) is 6.25. The van der Waals surface area contributed by atoms with Crippen LogP contribution in [-0.2, 0) is 11.3 Å². The van der Waals surface area contributed by atoms with Crippen molar-refractivity contribution in [1.29, 1.82) is 0 Å². The summed E-state index contributed by atoms with van der Waals surface area (Å²) in [5, 5.41) is 22.9. The largest absolute Gasteiger partial charge is 0.388 e. The lowest BCUT2D eigenvalue weighted by molar-refractivity contribution is 0.0572. The quantitative estimate of drug-likeness (QED) is 0.666. The summed E-state index contributed by atoms with van der Waals surface area (Å²) < 4.78 is 6.02. The van der Waals surface area contributed by atoms with Crippen molar-refractivity contribution in [3.63, 3.8) is 0 Å². The molecular formula is C12H17N3O5. The van der Waals surface area contributed by atoms with Crippen molar-refractivity contribution in [2.45, 2.75) is 18.8 Å². The molecule has 1 amide bonds. The molecule has 110 valence electrons. The molecule has 8 heteroatoms. The summed E-state index contributed by atoms with van der Waals surface area (Å²) in [6.07, 6.45) is -1.89. The van der Waals surface area contributed by atoms with Gasteiger partial charge in [-0.2, -0.15) is 5.10 Å². The van der Waals surface area contributed by atoms with E-state index in [1.807, 2.05) is 0 Å². The van der Waals surface area contributed by atoms with Crippen LogP contribution in [0.2, 0.25) is 0 Å². The Bertz CT molecular complexity index is 534. The maximum atomic E-state index is 12.2. The number of ether oxygens (including phenoxy) is 1. The monoisotopic (exact) mass is 283 g/mol. The highest BCUT2D eigenvalue weighted by atomic mass is 16.5. The normalized spacial score (nSPS) is 22.2. The van der Waals surface area contributed by atoms with E-state index in [0.717, 1.165) is 4.68 Å². The number of aliphatic hydroxyl groups excluding tert-OH is 2. The lowest BCUT2D eigenvalue weighted by atomic mass is 10.3. The number of carbonyl (C=O) groups is 1. The number of methoxy groups -OCH3 is 1. The summed E-state index contributed by atoms with van der Waals surface area (Å²) >= 11 is 0. The molecule has 2 atom stereocenters. The summed E-state index contributed by atoms with van der Waals surface area (Å²) in [6, 6.07) is 2.60. The zero-order valence-corrected chi connectivity index (χ0v) is 11.1. The highest BCUT2D eigenvalue weighted by Gasteiger charge is 2.33. The van der Waals surface area contributed by atoms with E-state index in [2.05, 4.69) is 5.10 Å². The molecule has 0 saturated carbocycles. The number of aromatic nitrogens is 2. The number of amides is 1. The standard InChI is InChI=1S/C12H17N3O5/c1-20-5-4-15-11(18)3-2-8(13-15)12(19)14-6-9(16)10(17)7-14/h2-3,9-10,16-17H,4-7H2,1H3. The zero-order chi connectivity index (χ0) is 14.7. The number of aliphatic hydroxyl groups is 2. The summed E-state index contributed by atoms with van der Waals surface area (Å²) in [7, 11) is 1.51. The number of nitrogens with zero attached hydrogens (tertiary/aromatic N) is 3. The maximum Gasteiger partial charge on any atom is 0.274 e. The maximum absolute atomic E-state index is 12.2. The number of hydrogen-bond donors (Lipinski definition) is 2. The minimum atomic E-state index is -0.946. The van der Waals surface area contributed by atoms with Gasteiger partial charge in [-0.1, -0.05) is 0 Å². The van der Waals surface area contributed by atoms with Gasteiger partial charge in [0.15, 0.2) is 0 Å². The van der Waals surface area contributed by atoms with E-state index >= 15 is 0 Å². The first kappa shape index (κ1) is 14.6. The van der Waals surface area contributed by atoms with Gasteiger partial charge >= 0.3 is 0 Å². The topological polar surface area (TPSA) is 105 Å². The highest BCUT2D eigenvalue weighted by Crippen LogP contribution is 2.12. The lowest BCUT2D eigenvalue weighted by Gasteiger charge is -2.15. The third-order valence-corrected chi connectivity index (χ3v) is 3.14. The number of rotatable bonds is 4. The molecule has 1 fully saturated rings. The summed E-state index contributed by atoms with van der Waals surface area (Å²) in [4.78, 5) is 25.0.